The van der Waals surface area contributed by atoms with Crippen LogP contribution in [-0.4, -0.2) is 42.9 Å². The number of benzene rings is 3. The standard InChI is InChI=1S/C25H24FN3O2/c1-18-7-8-20(17-23(18)27-24(30)19-5-3-2-4-6-19)25(31)29-15-13-28(14-16-29)22-11-9-21(26)10-12-22/h2-12,17H,13-16H2,1H3,(H,27,30). The molecule has 1 saturated heterocycles. The summed E-state index contributed by atoms with van der Waals surface area (Å²) in [7, 11) is 0. The molecule has 0 aliphatic carbocycles. The molecule has 4 rings (SSSR count). The van der Waals surface area contributed by atoms with Crippen LogP contribution in [0.3, 0.4) is 0 Å². The summed E-state index contributed by atoms with van der Waals surface area (Å²) >= 11 is 0. The van der Waals surface area contributed by atoms with E-state index in [4.69, 9.17) is 0 Å². The first-order valence-corrected chi connectivity index (χ1v) is 10.3. The lowest BCUT2D eigenvalue weighted by Crippen LogP contribution is -2.48. The molecule has 3 aromatic carbocycles. The van der Waals surface area contributed by atoms with Gasteiger partial charge in [0.25, 0.3) is 11.8 Å². The van der Waals surface area contributed by atoms with Crippen LogP contribution in [0.25, 0.3) is 0 Å². The molecule has 2 amide bonds. The van der Waals surface area contributed by atoms with Gasteiger partial charge in [-0.25, -0.2) is 4.39 Å². The Bertz CT molecular complexity index is 1080. The van der Waals surface area contributed by atoms with Gasteiger partial charge in [0.2, 0.25) is 0 Å². The third-order valence-electron chi connectivity index (χ3n) is 5.53. The Balaban J connectivity index is 1.42. The number of piperazine rings is 1. The van der Waals surface area contributed by atoms with Crippen molar-refractivity contribution in [2.24, 2.45) is 0 Å². The van der Waals surface area contributed by atoms with Crippen molar-refractivity contribution in [3.8, 4) is 0 Å². The van der Waals surface area contributed by atoms with Gasteiger partial charge in [-0.15, -0.1) is 0 Å². The van der Waals surface area contributed by atoms with Gasteiger partial charge < -0.3 is 15.1 Å². The highest BCUT2D eigenvalue weighted by atomic mass is 19.1. The number of carbonyl (C=O) groups is 2. The molecule has 5 nitrogen and oxygen atoms in total. The van der Waals surface area contributed by atoms with E-state index in [2.05, 4.69) is 10.2 Å². The van der Waals surface area contributed by atoms with E-state index in [-0.39, 0.29) is 17.6 Å². The van der Waals surface area contributed by atoms with Gasteiger partial charge in [-0.1, -0.05) is 24.3 Å². The maximum Gasteiger partial charge on any atom is 0.255 e. The first-order chi connectivity index (χ1) is 15.0. The van der Waals surface area contributed by atoms with Crippen LogP contribution in [-0.2, 0) is 0 Å². The maximum absolute atomic E-state index is 13.1. The van der Waals surface area contributed by atoms with Crippen molar-refractivity contribution in [3.63, 3.8) is 0 Å². The Hall–Kier alpha value is -3.67. The molecular weight excluding hydrogens is 393 g/mol. The summed E-state index contributed by atoms with van der Waals surface area (Å²) < 4.78 is 13.1. The van der Waals surface area contributed by atoms with Crippen molar-refractivity contribution < 1.29 is 14.0 Å². The average molecular weight is 417 g/mol. The molecule has 158 valence electrons. The highest BCUT2D eigenvalue weighted by Crippen LogP contribution is 2.21. The molecule has 31 heavy (non-hydrogen) atoms. The molecule has 1 N–H and O–H groups in total. The summed E-state index contributed by atoms with van der Waals surface area (Å²) in [5.41, 5.74) is 3.58. The van der Waals surface area contributed by atoms with Crippen LogP contribution in [0.15, 0.2) is 72.8 Å². The third kappa shape index (κ3) is 4.74. The minimum absolute atomic E-state index is 0.0611. The summed E-state index contributed by atoms with van der Waals surface area (Å²) in [6.45, 7) is 4.42. The van der Waals surface area contributed by atoms with Gasteiger partial charge in [-0.2, -0.15) is 0 Å². The number of nitrogens with one attached hydrogen (secondary N) is 1. The fourth-order valence-electron chi connectivity index (χ4n) is 3.68. The number of anilines is 2. The van der Waals surface area contributed by atoms with Gasteiger partial charge in [0, 0.05) is 48.7 Å². The topological polar surface area (TPSA) is 52.7 Å². The van der Waals surface area contributed by atoms with Crippen LogP contribution in [0, 0.1) is 12.7 Å². The Morgan fingerprint density at radius 2 is 1.52 bits per heavy atom. The zero-order valence-electron chi connectivity index (χ0n) is 17.3. The Morgan fingerprint density at radius 3 is 2.19 bits per heavy atom. The minimum atomic E-state index is -0.257. The molecule has 0 spiro atoms. The molecule has 0 unspecified atom stereocenters. The largest absolute Gasteiger partial charge is 0.368 e. The average Bonchev–Trinajstić information content (AvgIpc) is 2.81. The van der Waals surface area contributed by atoms with Crippen molar-refractivity contribution in [2.45, 2.75) is 6.92 Å². The Kier molecular flexibility index (Phi) is 5.98. The molecule has 0 atom stereocenters. The minimum Gasteiger partial charge on any atom is -0.368 e. The fraction of sp³-hybridized carbons (Fsp3) is 0.200. The van der Waals surface area contributed by atoms with Crippen LogP contribution in [0.4, 0.5) is 15.8 Å². The van der Waals surface area contributed by atoms with Crippen molar-refractivity contribution >= 4 is 23.2 Å². The first kappa shape index (κ1) is 20.6. The quantitative estimate of drug-likeness (QED) is 0.687. The van der Waals surface area contributed by atoms with Gasteiger partial charge in [-0.05, 0) is 61.0 Å². The van der Waals surface area contributed by atoms with E-state index >= 15 is 0 Å². The second-order valence-electron chi connectivity index (χ2n) is 7.61. The molecule has 1 fully saturated rings. The van der Waals surface area contributed by atoms with Crippen molar-refractivity contribution in [2.75, 3.05) is 36.4 Å². The summed E-state index contributed by atoms with van der Waals surface area (Å²) in [5, 5.41) is 2.91. The molecule has 1 aliphatic rings. The maximum atomic E-state index is 13.1. The number of halogens is 1. The fourth-order valence-corrected chi connectivity index (χ4v) is 3.68. The Labute approximate surface area is 181 Å². The van der Waals surface area contributed by atoms with Gasteiger partial charge in [-0.3, -0.25) is 9.59 Å². The van der Waals surface area contributed by atoms with Crippen LogP contribution >= 0.6 is 0 Å². The van der Waals surface area contributed by atoms with Gasteiger partial charge in [0.1, 0.15) is 5.82 Å². The number of rotatable bonds is 4. The summed E-state index contributed by atoms with van der Waals surface area (Å²) in [5.74, 6) is -0.526. The van der Waals surface area contributed by atoms with E-state index in [0.29, 0.717) is 43.0 Å². The lowest BCUT2D eigenvalue weighted by Gasteiger charge is -2.36. The monoisotopic (exact) mass is 417 g/mol. The number of amides is 2. The summed E-state index contributed by atoms with van der Waals surface area (Å²) in [6, 6.07) is 20.8. The summed E-state index contributed by atoms with van der Waals surface area (Å²) in [4.78, 5) is 29.5. The highest BCUT2D eigenvalue weighted by Gasteiger charge is 2.23. The molecule has 0 saturated carbocycles. The number of carbonyl (C=O) groups excluding carboxylic acids is 2. The molecular formula is C25H24FN3O2. The van der Waals surface area contributed by atoms with Gasteiger partial charge in [0.05, 0.1) is 0 Å². The van der Waals surface area contributed by atoms with Crippen LogP contribution in [0.5, 0.6) is 0 Å². The lowest BCUT2D eigenvalue weighted by molar-refractivity contribution is 0.0746. The predicted octanol–water partition coefficient (Wildman–Crippen LogP) is 4.35. The second kappa shape index (κ2) is 9.00. The van der Waals surface area contributed by atoms with E-state index in [9.17, 15) is 14.0 Å². The molecule has 6 heteroatoms. The molecule has 0 aromatic heterocycles. The first-order valence-electron chi connectivity index (χ1n) is 10.3. The van der Waals surface area contributed by atoms with E-state index in [0.717, 1.165) is 11.3 Å². The van der Waals surface area contributed by atoms with E-state index in [1.54, 1.807) is 36.4 Å². The smallest absolute Gasteiger partial charge is 0.255 e. The second-order valence-corrected chi connectivity index (χ2v) is 7.61. The van der Waals surface area contributed by atoms with Gasteiger partial charge >= 0.3 is 0 Å². The van der Waals surface area contributed by atoms with Crippen molar-refractivity contribution in [1.82, 2.24) is 4.90 Å². The normalized spacial score (nSPS) is 13.7. The van der Waals surface area contributed by atoms with Crippen LogP contribution in [0.1, 0.15) is 26.3 Å². The van der Waals surface area contributed by atoms with Crippen molar-refractivity contribution in [1.29, 1.82) is 0 Å². The number of aryl methyl sites for hydroxylation is 1. The van der Waals surface area contributed by atoms with Crippen LogP contribution in [0.2, 0.25) is 0 Å². The molecule has 1 heterocycles. The molecule has 0 bridgehead atoms. The Morgan fingerprint density at radius 1 is 0.839 bits per heavy atom. The number of hydrogen-bond acceptors (Lipinski definition) is 3. The molecule has 3 aromatic rings. The molecule has 0 radical (unpaired) electrons. The third-order valence-corrected chi connectivity index (χ3v) is 5.53. The molecule has 1 aliphatic heterocycles. The lowest BCUT2D eigenvalue weighted by atomic mass is 10.1. The predicted molar refractivity (Wildman–Crippen MR) is 120 cm³/mol. The van der Waals surface area contributed by atoms with E-state index < -0.39 is 0 Å². The van der Waals surface area contributed by atoms with Crippen molar-refractivity contribution in [3.05, 3.63) is 95.3 Å². The van der Waals surface area contributed by atoms with Crippen LogP contribution < -0.4 is 10.2 Å². The number of hydrogen-bond donors (Lipinski definition) is 1. The zero-order valence-corrected chi connectivity index (χ0v) is 17.3. The summed E-state index contributed by atoms with van der Waals surface area (Å²) in [6.07, 6.45) is 0. The highest BCUT2D eigenvalue weighted by molar-refractivity contribution is 6.05. The number of nitrogens with zero attached hydrogens (tertiary/aromatic N) is 2. The van der Waals surface area contributed by atoms with Gasteiger partial charge in [0.15, 0.2) is 0 Å². The SMILES string of the molecule is Cc1ccc(C(=O)N2CCN(c3ccc(F)cc3)CC2)cc1NC(=O)c1ccccc1. The van der Waals surface area contributed by atoms with E-state index in [1.165, 1.54) is 12.1 Å². The van der Waals surface area contributed by atoms with E-state index in [1.807, 2.05) is 36.1 Å². The zero-order chi connectivity index (χ0) is 21.8.